The Labute approximate surface area is 149 Å². The molecule has 0 heterocycles. The highest BCUT2D eigenvalue weighted by Crippen LogP contribution is 2.43. The van der Waals surface area contributed by atoms with Gasteiger partial charge in [0.25, 0.3) is 0 Å². The maximum absolute atomic E-state index is 5.98. The minimum Gasteiger partial charge on any atom is -0.375 e. The first-order chi connectivity index (χ1) is 11.5. The van der Waals surface area contributed by atoms with Gasteiger partial charge < -0.3 is 4.90 Å². The molecule has 0 radical (unpaired) electrons. The molecule has 1 aliphatic carbocycles. The van der Waals surface area contributed by atoms with Gasteiger partial charge in [0, 0.05) is 35.4 Å². The van der Waals surface area contributed by atoms with E-state index in [4.69, 9.17) is 18.0 Å². The van der Waals surface area contributed by atoms with Crippen molar-refractivity contribution >= 4 is 34.5 Å². The Bertz CT molecular complexity index is 879. The first-order valence-electron chi connectivity index (χ1n) is 8.06. The summed E-state index contributed by atoms with van der Waals surface area (Å²) in [6, 6.07) is 14.4. The molecule has 0 unspecified atom stereocenters. The molecule has 2 heteroatoms. The maximum atomic E-state index is 5.98. The van der Waals surface area contributed by atoms with Gasteiger partial charge in [-0.15, -0.1) is 6.42 Å². The van der Waals surface area contributed by atoms with E-state index in [2.05, 4.69) is 56.0 Å². The summed E-state index contributed by atoms with van der Waals surface area (Å²) in [6.07, 6.45) is 7.99. The third-order valence-corrected chi connectivity index (χ3v) is 4.83. The minimum absolute atomic E-state index is 0.743. The molecule has 0 N–H and O–H groups in total. The topological polar surface area (TPSA) is 3.24 Å². The van der Waals surface area contributed by atoms with Crippen LogP contribution >= 0.6 is 11.6 Å². The molecule has 0 aliphatic heterocycles. The third kappa shape index (κ3) is 2.86. The van der Waals surface area contributed by atoms with Crippen molar-refractivity contribution in [2.24, 2.45) is 0 Å². The van der Waals surface area contributed by atoms with Crippen LogP contribution in [-0.4, -0.2) is 13.6 Å². The second-order valence-electron chi connectivity index (χ2n) is 6.00. The molecule has 1 aliphatic rings. The first-order valence-corrected chi connectivity index (χ1v) is 8.44. The summed E-state index contributed by atoms with van der Waals surface area (Å²) in [7, 11) is 2.09. The lowest BCUT2D eigenvalue weighted by atomic mass is 10.00. The van der Waals surface area contributed by atoms with E-state index in [0.29, 0.717) is 0 Å². The standard InChI is InChI=1S/C22H20ClN/c1-5-19-15(3)21(13-16-7-9-17(23)10-8-16)20-12-11-18(14-22(19)20)24(4)6-2/h1,7-14H,6H2,2-4H3. The molecule has 0 aromatic heterocycles. The molecule has 0 saturated carbocycles. The molecule has 0 spiro atoms. The molecule has 2 aromatic carbocycles. The van der Waals surface area contributed by atoms with E-state index in [1.54, 1.807) is 0 Å². The van der Waals surface area contributed by atoms with Crippen molar-refractivity contribution in [2.45, 2.75) is 13.8 Å². The van der Waals surface area contributed by atoms with Gasteiger partial charge in [-0.3, -0.25) is 0 Å². The van der Waals surface area contributed by atoms with Crippen LogP contribution in [0.25, 0.3) is 17.2 Å². The average Bonchev–Trinajstić information content (AvgIpc) is 2.86. The minimum atomic E-state index is 0.743. The molecular formula is C22H20ClN. The SMILES string of the molecule is C#CC1=C(C)C(=Cc2ccc(Cl)cc2)c2ccc(N(C)CC)cc21. The fourth-order valence-corrected chi connectivity index (χ4v) is 3.16. The molecule has 1 nitrogen and oxygen atoms in total. The summed E-state index contributed by atoms with van der Waals surface area (Å²) in [5.41, 5.74) is 7.97. The van der Waals surface area contributed by atoms with Crippen molar-refractivity contribution in [1.82, 2.24) is 0 Å². The molecule has 0 bridgehead atoms. The van der Waals surface area contributed by atoms with Crippen molar-refractivity contribution < 1.29 is 0 Å². The first kappa shape index (κ1) is 16.4. The zero-order valence-corrected chi connectivity index (χ0v) is 15.0. The third-order valence-electron chi connectivity index (χ3n) is 4.58. The van der Waals surface area contributed by atoms with Crippen molar-refractivity contribution in [2.75, 3.05) is 18.5 Å². The van der Waals surface area contributed by atoms with Gasteiger partial charge in [-0.25, -0.2) is 0 Å². The highest BCUT2D eigenvalue weighted by molar-refractivity contribution is 6.30. The van der Waals surface area contributed by atoms with Crippen molar-refractivity contribution in [3.63, 3.8) is 0 Å². The van der Waals surface area contributed by atoms with Crippen LogP contribution in [0.3, 0.4) is 0 Å². The second-order valence-corrected chi connectivity index (χ2v) is 6.43. The van der Waals surface area contributed by atoms with E-state index >= 15 is 0 Å². The van der Waals surface area contributed by atoms with Crippen molar-refractivity contribution in [3.8, 4) is 12.3 Å². The smallest absolute Gasteiger partial charge is 0.0406 e. The summed E-state index contributed by atoms with van der Waals surface area (Å²) in [4.78, 5) is 2.21. The molecule has 24 heavy (non-hydrogen) atoms. The summed E-state index contributed by atoms with van der Waals surface area (Å²) < 4.78 is 0. The second kappa shape index (κ2) is 6.59. The number of halogens is 1. The number of nitrogens with zero attached hydrogens (tertiary/aromatic N) is 1. The number of allylic oxidation sites excluding steroid dienone is 3. The Hall–Kier alpha value is -2.43. The van der Waals surface area contributed by atoms with Gasteiger partial charge in [0.05, 0.1) is 0 Å². The predicted molar refractivity (Wildman–Crippen MR) is 106 cm³/mol. The molecule has 120 valence electrons. The monoisotopic (exact) mass is 333 g/mol. The number of terminal acetylenes is 1. The number of anilines is 1. The largest absolute Gasteiger partial charge is 0.375 e. The van der Waals surface area contributed by atoms with E-state index in [-0.39, 0.29) is 0 Å². The molecule has 0 atom stereocenters. The fraction of sp³-hybridized carbons (Fsp3) is 0.182. The average molecular weight is 334 g/mol. The number of hydrogen-bond acceptors (Lipinski definition) is 1. The van der Waals surface area contributed by atoms with Gasteiger partial charge in [-0.05, 0) is 66.5 Å². The van der Waals surface area contributed by atoms with Gasteiger partial charge in [-0.1, -0.05) is 35.7 Å². The number of fused-ring (bicyclic) bond motifs is 1. The Morgan fingerprint density at radius 3 is 2.46 bits per heavy atom. The Morgan fingerprint density at radius 2 is 1.83 bits per heavy atom. The summed E-state index contributed by atoms with van der Waals surface area (Å²) in [5, 5.41) is 0.743. The van der Waals surface area contributed by atoms with E-state index < -0.39 is 0 Å². The summed E-state index contributed by atoms with van der Waals surface area (Å²) in [5.74, 6) is 2.88. The van der Waals surface area contributed by atoms with E-state index in [9.17, 15) is 0 Å². The Kier molecular flexibility index (Phi) is 4.51. The van der Waals surface area contributed by atoms with Gasteiger partial charge in [-0.2, -0.15) is 0 Å². The van der Waals surface area contributed by atoms with Crippen LogP contribution in [0.4, 0.5) is 5.69 Å². The normalized spacial score (nSPS) is 14.7. The van der Waals surface area contributed by atoms with Crippen LogP contribution in [0, 0.1) is 12.3 Å². The van der Waals surface area contributed by atoms with Crippen molar-refractivity contribution in [1.29, 1.82) is 0 Å². The highest BCUT2D eigenvalue weighted by Gasteiger charge is 2.23. The number of hydrogen-bond donors (Lipinski definition) is 0. The summed E-state index contributed by atoms with van der Waals surface area (Å²) in [6.45, 7) is 5.20. The zero-order chi connectivity index (χ0) is 17.3. The Balaban J connectivity index is 2.13. The molecule has 2 aromatic rings. The van der Waals surface area contributed by atoms with Gasteiger partial charge in [0.15, 0.2) is 0 Å². The lowest BCUT2D eigenvalue weighted by molar-refractivity contribution is 0.968. The van der Waals surface area contributed by atoms with Gasteiger partial charge in [0.2, 0.25) is 0 Å². The number of rotatable bonds is 3. The van der Waals surface area contributed by atoms with Crippen LogP contribution in [0.1, 0.15) is 30.5 Å². The van der Waals surface area contributed by atoms with E-state index in [0.717, 1.165) is 33.8 Å². The maximum Gasteiger partial charge on any atom is 0.0406 e. The lowest BCUT2D eigenvalue weighted by Crippen LogP contribution is -2.15. The highest BCUT2D eigenvalue weighted by atomic mass is 35.5. The summed E-state index contributed by atoms with van der Waals surface area (Å²) >= 11 is 5.98. The molecular weight excluding hydrogens is 314 g/mol. The Morgan fingerprint density at radius 1 is 1.12 bits per heavy atom. The number of benzene rings is 2. The van der Waals surface area contributed by atoms with E-state index in [1.165, 1.54) is 16.8 Å². The fourth-order valence-electron chi connectivity index (χ4n) is 3.03. The van der Waals surface area contributed by atoms with E-state index in [1.807, 2.05) is 24.3 Å². The van der Waals surface area contributed by atoms with Crippen molar-refractivity contribution in [3.05, 3.63) is 69.8 Å². The predicted octanol–water partition coefficient (Wildman–Crippen LogP) is 5.76. The molecule has 0 saturated heterocycles. The van der Waals surface area contributed by atoms with Crippen LogP contribution in [-0.2, 0) is 0 Å². The molecule has 0 amide bonds. The van der Waals surface area contributed by atoms with Crippen LogP contribution < -0.4 is 4.90 Å². The van der Waals surface area contributed by atoms with Crippen LogP contribution in [0.5, 0.6) is 0 Å². The quantitative estimate of drug-likeness (QED) is 0.646. The van der Waals surface area contributed by atoms with Crippen LogP contribution in [0.15, 0.2) is 48.0 Å². The zero-order valence-electron chi connectivity index (χ0n) is 14.2. The molecule has 0 fully saturated rings. The van der Waals surface area contributed by atoms with Gasteiger partial charge in [0.1, 0.15) is 0 Å². The molecule has 3 rings (SSSR count). The van der Waals surface area contributed by atoms with Gasteiger partial charge >= 0.3 is 0 Å². The lowest BCUT2D eigenvalue weighted by Gasteiger charge is -2.18. The van der Waals surface area contributed by atoms with Crippen LogP contribution in [0.2, 0.25) is 5.02 Å².